The number of carbonyl (C=O) groups excluding carboxylic acids is 1. The predicted octanol–water partition coefficient (Wildman–Crippen LogP) is 3.48. The largest absolute Gasteiger partial charge is 0.463 e. The van der Waals surface area contributed by atoms with Gasteiger partial charge in [-0.25, -0.2) is 0 Å². The lowest BCUT2D eigenvalue weighted by Crippen LogP contribution is -2.44. The number of alkyl halides is 3. The highest BCUT2D eigenvalue weighted by atomic mass is 19.4. The molecule has 0 radical (unpaired) electrons. The molecule has 3 N–H and O–H groups in total. The Morgan fingerprint density at radius 2 is 1.81 bits per heavy atom. The van der Waals surface area contributed by atoms with Gasteiger partial charge in [-0.15, -0.1) is 0 Å². The molecule has 0 aliphatic carbocycles. The second-order valence-electron chi connectivity index (χ2n) is 6.07. The fourth-order valence-electron chi connectivity index (χ4n) is 2.47. The lowest BCUT2D eigenvalue weighted by molar-refractivity contribution is -0.274. The van der Waals surface area contributed by atoms with Crippen molar-refractivity contribution >= 4 is 11.6 Å². The van der Waals surface area contributed by atoms with Crippen LogP contribution in [0.15, 0.2) is 40.8 Å². The third kappa shape index (κ3) is 4.86. The molecule has 2 rings (SSSR count). The molecule has 8 heteroatoms. The highest BCUT2D eigenvalue weighted by molar-refractivity contribution is 5.88. The molecule has 0 fully saturated rings. The van der Waals surface area contributed by atoms with Crippen LogP contribution in [-0.4, -0.2) is 23.7 Å². The Morgan fingerprint density at radius 3 is 2.31 bits per heavy atom. The molecule has 1 amide bonds. The minimum Gasteiger partial charge on any atom is -0.463 e. The van der Waals surface area contributed by atoms with E-state index in [4.69, 9.17) is 4.42 Å². The maximum atomic E-state index is 13.3. The van der Waals surface area contributed by atoms with Crippen LogP contribution in [0.4, 0.5) is 18.9 Å². The second-order valence-corrected chi connectivity index (χ2v) is 6.07. The van der Waals surface area contributed by atoms with Gasteiger partial charge in [0.05, 0.1) is 0 Å². The van der Waals surface area contributed by atoms with Crippen LogP contribution in [0.3, 0.4) is 0 Å². The van der Waals surface area contributed by atoms with Crippen LogP contribution in [0.5, 0.6) is 0 Å². The molecule has 1 aromatic heterocycles. The van der Waals surface area contributed by atoms with Crippen LogP contribution in [0.1, 0.15) is 30.4 Å². The average Bonchev–Trinajstić information content (AvgIpc) is 2.98. The number of hydrogen-bond acceptors (Lipinski definition) is 4. The Balaban J connectivity index is 1.93. The molecule has 5 nitrogen and oxygen atoms in total. The molecule has 1 unspecified atom stereocenters. The Kier molecular flexibility index (Phi) is 6.09. The molecule has 1 aromatic carbocycles. The van der Waals surface area contributed by atoms with Crippen LogP contribution >= 0.6 is 0 Å². The van der Waals surface area contributed by atoms with E-state index in [0.717, 1.165) is 11.6 Å². The van der Waals surface area contributed by atoms with Gasteiger partial charge >= 0.3 is 6.18 Å². The number of amides is 1. The van der Waals surface area contributed by atoms with Gasteiger partial charge in [-0.05, 0) is 43.3 Å². The Morgan fingerprint density at radius 1 is 1.15 bits per heavy atom. The molecule has 0 aliphatic rings. The van der Waals surface area contributed by atoms with E-state index in [0.29, 0.717) is 18.0 Å². The van der Waals surface area contributed by atoms with Gasteiger partial charge < -0.3 is 20.2 Å². The first-order valence-corrected chi connectivity index (χ1v) is 8.05. The smallest absolute Gasteiger partial charge is 0.424 e. The molecule has 0 saturated heterocycles. The number of nitrogens with one attached hydrogen (secondary N) is 2. The van der Waals surface area contributed by atoms with E-state index in [1.54, 1.807) is 24.3 Å². The molecule has 142 valence electrons. The maximum absolute atomic E-state index is 13.3. The summed E-state index contributed by atoms with van der Waals surface area (Å²) in [4.78, 5) is 11.0. The Labute approximate surface area is 149 Å². The molecule has 1 heterocycles. The topological polar surface area (TPSA) is 74.5 Å². The van der Waals surface area contributed by atoms with Crippen molar-refractivity contribution < 1.29 is 27.5 Å². The molecule has 2 aromatic rings. The lowest BCUT2D eigenvalue weighted by atomic mass is 9.95. The first-order chi connectivity index (χ1) is 12.1. The third-order valence-corrected chi connectivity index (χ3v) is 3.88. The number of rotatable bonds is 7. The van der Waals surface area contributed by atoms with Crippen molar-refractivity contribution in [3.63, 3.8) is 0 Å². The summed E-state index contributed by atoms with van der Waals surface area (Å²) in [7, 11) is 0. The molecule has 0 spiro atoms. The van der Waals surface area contributed by atoms with E-state index in [1.165, 1.54) is 19.9 Å². The number of aryl methyl sites for hydroxylation is 1. The Bertz CT molecular complexity index is 741. The third-order valence-electron chi connectivity index (χ3n) is 3.88. The SMILES string of the molecule is CC(=O)Nc1ccc(CNCCC(O)(c2ccc(C)o2)C(F)(F)F)cc1. The predicted molar refractivity (Wildman–Crippen MR) is 90.5 cm³/mol. The summed E-state index contributed by atoms with van der Waals surface area (Å²) in [6.45, 7) is 3.18. The number of hydrogen-bond donors (Lipinski definition) is 3. The van der Waals surface area contributed by atoms with E-state index in [2.05, 4.69) is 10.6 Å². The zero-order valence-corrected chi connectivity index (χ0v) is 14.5. The summed E-state index contributed by atoms with van der Waals surface area (Å²) in [6, 6.07) is 9.44. The van der Waals surface area contributed by atoms with Gasteiger partial charge in [0.15, 0.2) is 0 Å². The zero-order chi connectivity index (χ0) is 19.4. The highest BCUT2D eigenvalue weighted by Gasteiger charge is 2.56. The normalized spacial score (nSPS) is 14.1. The maximum Gasteiger partial charge on any atom is 0.424 e. The second kappa shape index (κ2) is 7.92. The standard InChI is InChI=1S/C18H21F3N2O3/c1-12-3-8-16(26-12)17(25,18(19,20)21)9-10-22-11-14-4-6-15(7-5-14)23-13(2)24/h3-8,22,25H,9-11H2,1-2H3,(H,23,24). The van der Waals surface area contributed by atoms with E-state index in [-0.39, 0.29) is 12.5 Å². The van der Waals surface area contributed by atoms with Gasteiger partial charge in [-0.2, -0.15) is 13.2 Å². The fourth-order valence-corrected chi connectivity index (χ4v) is 2.47. The summed E-state index contributed by atoms with van der Waals surface area (Å²) in [5, 5.41) is 15.7. The summed E-state index contributed by atoms with van der Waals surface area (Å²) in [6.07, 6.45) is -5.42. The number of carbonyl (C=O) groups is 1. The summed E-state index contributed by atoms with van der Waals surface area (Å²) in [5.41, 5.74) is -1.56. The van der Waals surface area contributed by atoms with Crippen LogP contribution < -0.4 is 10.6 Å². The van der Waals surface area contributed by atoms with E-state index >= 15 is 0 Å². The van der Waals surface area contributed by atoms with Crippen molar-refractivity contribution in [2.24, 2.45) is 0 Å². The van der Waals surface area contributed by atoms with Crippen molar-refractivity contribution in [3.8, 4) is 0 Å². The molecule has 1 atom stereocenters. The number of anilines is 1. The van der Waals surface area contributed by atoms with Crippen LogP contribution in [0.2, 0.25) is 0 Å². The highest BCUT2D eigenvalue weighted by Crippen LogP contribution is 2.42. The fraction of sp³-hybridized carbons (Fsp3) is 0.389. The van der Waals surface area contributed by atoms with Gasteiger partial charge in [0.2, 0.25) is 11.5 Å². The van der Waals surface area contributed by atoms with Gasteiger partial charge in [0.25, 0.3) is 0 Å². The molecule has 0 saturated carbocycles. The number of aliphatic hydroxyl groups is 1. The van der Waals surface area contributed by atoms with Crippen molar-refractivity contribution in [3.05, 3.63) is 53.5 Å². The molecular weight excluding hydrogens is 349 g/mol. The minimum absolute atomic E-state index is 0.0663. The average molecular weight is 370 g/mol. The van der Waals surface area contributed by atoms with E-state index in [1.807, 2.05) is 0 Å². The van der Waals surface area contributed by atoms with Gasteiger partial charge in [0, 0.05) is 25.6 Å². The Hall–Kier alpha value is -2.32. The van der Waals surface area contributed by atoms with Crippen LogP contribution in [-0.2, 0) is 16.9 Å². The van der Waals surface area contributed by atoms with Crippen LogP contribution in [0.25, 0.3) is 0 Å². The first kappa shape index (κ1) is 20.0. The van der Waals surface area contributed by atoms with Crippen molar-refractivity contribution in [2.45, 2.75) is 38.6 Å². The number of furan rings is 1. The zero-order valence-electron chi connectivity index (χ0n) is 14.5. The number of halogens is 3. The van der Waals surface area contributed by atoms with Gasteiger partial charge in [-0.3, -0.25) is 4.79 Å². The van der Waals surface area contributed by atoms with Crippen molar-refractivity contribution in [1.29, 1.82) is 0 Å². The van der Waals surface area contributed by atoms with Crippen molar-refractivity contribution in [2.75, 3.05) is 11.9 Å². The summed E-state index contributed by atoms with van der Waals surface area (Å²) < 4.78 is 45.0. The number of benzene rings is 1. The van der Waals surface area contributed by atoms with Crippen molar-refractivity contribution in [1.82, 2.24) is 5.32 Å². The van der Waals surface area contributed by atoms with Crippen LogP contribution in [0, 0.1) is 6.92 Å². The quantitative estimate of drug-likeness (QED) is 0.653. The molecule has 0 bridgehead atoms. The van der Waals surface area contributed by atoms with E-state index < -0.39 is 24.0 Å². The lowest BCUT2D eigenvalue weighted by Gasteiger charge is -2.28. The molecular formula is C18H21F3N2O3. The monoisotopic (exact) mass is 370 g/mol. The molecule has 26 heavy (non-hydrogen) atoms. The molecule has 0 aliphatic heterocycles. The van der Waals surface area contributed by atoms with E-state index in [9.17, 15) is 23.1 Å². The summed E-state index contributed by atoms with van der Waals surface area (Å²) >= 11 is 0. The minimum atomic E-state index is -4.85. The first-order valence-electron chi connectivity index (χ1n) is 8.05. The summed E-state index contributed by atoms with van der Waals surface area (Å²) in [5.74, 6) is -0.394. The van der Waals surface area contributed by atoms with Gasteiger partial charge in [0.1, 0.15) is 11.5 Å². The van der Waals surface area contributed by atoms with Gasteiger partial charge in [-0.1, -0.05) is 12.1 Å².